The predicted octanol–water partition coefficient (Wildman–Crippen LogP) is 1.39. The van der Waals surface area contributed by atoms with Crippen molar-refractivity contribution < 1.29 is 9.28 Å². The maximum atomic E-state index is 11.4. The fourth-order valence-electron chi connectivity index (χ4n) is 2.15. The standard InChI is InChI=1S/C12H24N2O/c1-11(2)12(15)13-7-10-14(3)8-5-4-6-9-14/h11H,4-10H2,1-3H3/p+1. The Morgan fingerprint density at radius 1 is 1.27 bits per heavy atom. The number of nitrogens with one attached hydrogen (secondary N) is 1. The molecule has 0 aromatic rings. The normalized spacial score (nSPS) is 20.3. The zero-order chi connectivity index (χ0) is 11.3. The fraction of sp³-hybridized carbons (Fsp3) is 0.917. The molecule has 1 aliphatic heterocycles. The number of hydrogen-bond acceptors (Lipinski definition) is 1. The van der Waals surface area contributed by atoms with E-state index in [2.05, 4.69) is 12.4 Å². The third-order valence-corrected chi connectivity index (χ3v) is 3.37. The molecule has 1 saturated heterocycles. The SMILES string of the molecule is CC(C)C(=O)NCC[N+]1(C)CCCCC1. The van der Waals surface area contributed by atoms with Gasteiger partial charge in [-0.25, -0.2) is 0 Å². The number of likely N-dealkylation sites (N-methyl/N-ethyl adjacent to an activating group) is 1. The summed E-state index contributed by atoms with van der Waals surface area (Å²) in [4.78, 5) is 11.4. The van der Waals surface area contributed by atoms with Crippen molar-refractivity contribution in [1.29, 1.82) is 0 Å². The van der Waals surface area contributed by atoms with Crippen LogP contribution < -0.4 is 5.32 Å². The van der Waals surface area contributed by atoms with Crippen molar-refractivity contribution >= 4 is 5.91 Å². The van der Waals surface area contributed by atoms with Crippen molar-refractivity contribution in [2.75, 3.05) is 33.2 Å². The molecule has 0 aromatic heterocycles. The van der Waals surface area contributed by atoms with Gasteiger partial charge in [-0.15, -0.1) is 0 Å². The lowest BCUT2D eigenvalue weighted by atomic mass is 10.1. The van der Waals surface area contributed by atoms with Crippen LogP contribution in [0.2, 0.25) is 0 Å². The van der Waals surface area contributed by atoms with Crippen LogP contribution in [0, 0.1) is 5.92 Å². The van der Waals surface area contributed by atoms with E-state index in [9.17, 15) is 4.79 Å². The van der Waals surface area contributed by atoms with Crippen molar-refractivity contribution in [1.82, 2.24) is 5.32 Å². The van der Waals surface area contributed by atoms with Gasteiger partial charge in [0.15, 0.2) is 0 Å². The summed E-state index contributed by atoms with van der Waals surface area (Å²) in [6, 6.07) is 0. The van der Waals surface area contributed by atoms with Crippen molar-refractivity contribution in [3.8, 4) is 0 Å². The summed E-state index contributed by atoms with van der Waals surface area (Å²) in [7, 11) is 2.31. The molecule has 0 atom stereocenters. The Balaban J connectivity index is 2.21. The van der Waals surface area contributed by atoms with Crippen LogP contribution in [-0.2, 0) is 4.79 Å². The van der Waals surface area contributed by atoms with Gasteiger partial charge in [0.2, 0.25) is 5.91 Å². The molecule has 1 heterocycles. The van der Waals surface area contributed by atoms with Gasteiger partial charge in [-0.3, -0.25) is 4.79 Å². The van der Waals surface area contributed by atoms with Gasteiger partial charge in [0.1, 0.15) is 0 Å². The maximum Gasteiger partial charge on any atom is 0.222 e. The van der Waals surface area contributed by atoms with Crippen LogP contribution in [0.5, 0.6) is 0 Å². The Hall–Kier alpha value is -0.570. The van der Waals surface area contributed by atoms with Crippen LogP contribution in [0.3, 0.4) is 0 Å². The molecule has 0 saturated carbocycles. The first-order chi connectivity index (χ1) is 7.03. The third kappa shape index (κ3) is 4.20. The fourth-order valence-corrected chi connectivity index (χ4v) is 2.15. The van der Waals surface area contributed by atoms with Crippen LogP contribution in [0.25, 0.3) is 0 Å². The van der Waals surface area contributed by atoms with Crippen molar-refractivity contribution in [2.24, 2.45) is 5.92 Å². The summed E-state index contributed by atoms with van der Waals surface area (Å²) in [5, 5.41) is 3.00. The molecule has 1 rings (SSSR count). The minimum absolute atomic E-state index is 0.108. The van der Waals surface area contributed by atoms with Gasteiger partial charge >= 0.3 is 0 Å². The zero-order valence-electron chi connectivity index (χ0n) is 10.4. The second-order valence-corrected chi connectivity index (χ2v) is 5.30. The molecule has 15 heavy (non-hydrogen) atoms. The molecule has 88 valence electrons. The number of carbonyl (C=O) groups excluding carboxylic acids is 1. The number of quaternary nitrogens is 1. The van der Waals surface area contributed by atoms with E-state index in [4.69, 9.17) is 0 Å². The lowest BCUT2D eigenvalue weighted by molar-refractivity contribution is -0.912. The molecular formula is C12H25N2O+. The van der Waals surface area contributed by atoms with Crippen LogP contribution in [0.15, 0.2) is 0 Å². The average Bonchev–Trinajstić information content (AvgIpc) is 2.18. The van der Waals surface area contributed by atoms with E-state index < -0.39 is 0 Å². The van der Waals surface area contributed by atoms with Crippen LogP contribution >= 0.6 is 0 Å². The maximum absolute atomic E-state index is 11.4. The highest BCUT2D eigenvalue weighted by atomic mass is 16.1. The van der Waals surface area contributed by atoms with E-state index in [0.717, 1.165) is 17.6 Å². The van der Waals surface area contributed by atoms with Crippen molar-refractivity contribution in [2.45, 2.75) is 33.1 Å². The number of hydrogen-bond donors (Lipinski definition) is 1. The summed E-state index contributed by atoms with van der Waals surface area (Å²) in [5.41, 5.74) is 0. The molecule has 0 radical (unpaired) electrons. The monoisotopic (exact) mass is 213 g/mol. The highest BCUT2D eigenvalue weighted by Crippen LogP contribution is 2.15. The van der Waals surface area contributed by atoms with E-state index in [0.29, 0.717) is 0 Å². The van der Waals surface area contributed by atoms with E-state index in [1.807, 2.05) is 13.8 Å². The molecule has 0 aliphatic carbocycles. The van der Waals surface area contributed by atoms with Crippen molar-refractivity contribution in [3.05, 3.63) is 0 Å². The average molecular weight is 213 g/mol. The number of carbonyl (C=O) groups is 1. The van der Waals surface area contributed by atoms with Gasteiger partial charge in [0.25, 0.3) is 0 Å². The molecule has 1 amide bonds. The smallest absolute Gasteiger partial charge is 0.222 e. The summed E-state index contributed by atoms with van der Waals surface area (Å²) in [6.07, 6.45) is 4.06. The summed E-state index contributed by atoms with van der Waals surface area (Å²) >= 11 is 0. The van der Waals surface area contributed by atoms with Crippen LogP contribution in [0.4, 0.5) is 0 Å². The van der Waals surface area contributed by atoms with Crippen LogP contribution in [0.1, 0.15) is 33.1 Å². The van der Waals surface area contributed by atoms with Crippen LogP contribution in [-0.4, -0.2) is 43.6 Å². The summed E-state index contributed by atoms with van der Waals surface area (Å²) < 4.78 is 1.14. The third-order valence-electron chi connectivity index (χ3n) is 3.37. The number of likely N-dealkylation sites (tertiary alicyclic amines) is 1. The zero-order valence-corrected chi connectivity index (χ0v) is 10.4. The Kier molecular flexibility index (Phi) is 4.58. The topological polar surface area (TPSA) is 29.1 Å². The quantitative estimate of drug-likeness (QED) is 0.703. The Morgan fingerprint density at radius 3 is 2.40 bits per heavy atom. The van der Waals surface area contributed by atoms with Gasteiger partial charge in [-0.2, -0.15) is 0 Å². The first-order valence-corrected chi connectivity index (χ1v) is 6.15. The molecular weight excluding hydrogens is 188 g/mol. The van der Waals surface area contributed by atoms with Gasteiger partial charge in [-0.05, 0) is 19.3 Å². The molecule has 1 aliphatic rings. The molecule has 0 unspecified atom stereocenters. The molecule has 3 nitrogen and oxygen atoms in total. The number of amides is 1. The molecule has 1 N–H and O–H groups in total. The molecule has 3 heteroatoms. The van der Waals surface area contributed by atoms with E-state index >= 15 is 0 Å². The van der Waals surface area contributed by atoms with Gasteiger partial charge in [0.05, 0.1) is 33.2 Å². The molecule has 0 aromatic carbocycles. The highest BCUT2D eigenvalue weighted by Gasteiger charge is 2.24. The lowest BCUT2D eigenvalue weighted by Crippen LogP contribution is -2.51. The van der Waals surface area contributed by atoms with Crippen molar-refractivity contribution in [3.63, 3.8) is 0 Å². The van der Waals surface area contributed by atoms with E-state index in [1.165, 1.54) is 32.4 Å². The number of nitrogens with zero attached hydrogens (tertiary/aromatic N) is 1. The minimum Gasteiger partial charge on any atom is -0.350 e. The Bertz CT molecular complexity index is 208. The Morgan fingerprint density at radius 2 is 1.87 bits per heavy atom. The first kappa shape index (κ1) is 12.5. The molecule has 0 bridgehead atoms. The molecule has 1 fully saturated rings. The minimum atomic E-state index is 0.108. The lowest BCUT2D eigenvalue weighted by Gasteiger charge is -2.37. The number of piperidine rings is 1. The predicted molar refractivity (Wildman–Crippen MR) is 62.5 cm³/mol. The second kappa shape index (κ2) is 5.50. The van der Waals surface area contributed by atoms with E-state index in [1.54, 1.807) is 0 Å². The van der Waals surface area contributed by atoms with E-state index in [-0.39, 0.29) is 11.8 Å². The van der Waals surface area contributed by atoms with Gasteiger partial charge in [0, 0.05) is 5.92 Å². The van der Waals surface area contributed by atoms with Gasteiger partial charge in [-0.1, -0.05) is 13.8 Å². The second-order valence-electron chi connectivity index (χ2n) is 5.30. The highest BCUT2D eigenvalue weighted by molar-refractivity contribution is 5.77. The molecule has 0 spiro atoms. The van der Waals surface area contributed by atoms with Gasteiger partial charge < -0.3 is 9.80 Å². The Labute approximate surface area is 93.4 Å². The number of rotatable bonds is 4. The summed E-state index contributed by atoms with van der Waals surface area (Å²) in [5.74, 6) is 0.287. The largest absolute Gasteiger partial charge is 0.350 e. The summed E-state index contributed by atoms with van der Waals surface area (Å²) in [6.45, 7) is 8.33. The first-order valence-electron chi connectivity index (χ1n) is 6.15.